The Morgan fingerprint density at radius 1 is 1.44 bits per heavy atom. The molecule has 1 atom stereocenters. The van der Waals surface area contributed by atoms with Gasteiger partial charge in [-0.1, -0.05) is 23.2 Å². The second-order valence-electron chi connectivity index (χ2n) is 4.37. The fourth-order valence-corrected chi connectivity index (χ4v) is 2.66. The number of carbonyl (C=O) groups excluding carboxylic acids is 1. The molecule has 0 aromatic heterocycles. The quantitative estimate of drug-likeness (QED) is 0.877. The minimum atomic E-state index is -0.329. The molecule has 18 heavy (non-hydrogen) atoms. The van der Waals surface area contributed by atoms with Crippen molar-refractivity contribution in [2.45, 2.75) is 6.42 Å². The lowest BCUT2D eigenvalue weighted by molar-refractivity contribution is 0.0779. The van der Waals surface area contributed by atoms with Crippen LogP contribution in [0, 0.1) is 5.92 Å². The van der Waals surface area contributed by atoms with Gasteiger partial charge in [0, 0.05) is 30.6 Å². The number of hydrogen-bond acceptors (Lipinski definition) is 3. The van der Waals surface area contributed by atoms with E-state index in [4.69, 9.17) is 28.3 Å². The lowest BCUT2D eigenvalue weighted by atomic mass is 10.1. The third-order valence-corrected chi connectivity index (χ3v) is 3.60. The molecule has 1 heterocycles. The number of rotatable bonds is 2. The van der Waals surface area contributed by atoms with Crippen molar-refractivity contribution < 1.29 is 15.0 Å². The molecule has 1 amide bonds. The van der Waals surface area contributed by atoms with Crippen LogP contribution in [0.5, 0.6) is 5.75 Å². The van der Waals surface area contributed by atoms with E-state index in [0.717, 1.165) is 6.42 Å². The van der Waals surface area contributed by atoms with Gasteiger partial charge >= 0.3 is 0 Å². The number of carbonyl (C=O) groups is 1. The van der Waals surface area contributed by atoms with Crippen LogP contribution in [0.4, 0.5) is 0 Å². The predicted molar refractivity (Wildman–Crippen MR) is 69.2 cm³/mol. The summed E-state index contributed by atoms with van der Waals surface area (Å²) >= 11 is 11.7. The van der Waals surface area contributed by atoms with Crippen LogP contribution in [0.15, 0.2) is 12.1 Å². The van der Waals surface area contributed by atoms with E-state index >= 15 is 0 Å². The molecule has 1 aromatic rings. The van der Waals surface area contributed by atoms with E-state index in [2.05, 4.69) is 0 Å². The highest BCUT2D eigenvalue weighted by Gasteiger charge is 2.29. The summed E-state index contributed by atoms with van der Waals surface area (Å²) in [7, 11) is 0. The Labute approximate surface area is 115 Å². The molecule has 0 spiro atoms. The summed E-state index contributed by atoms with van der Waals surface area (Å²) in [6.45, 7) is 1.10. The van der Waals surface area contributed by atoms with Gasteiger partial charge in [0.25, 0.3) is 5.91 Å². The molecule has 1 unspecified atom stereocenters. The van der Waals surface area contributed by atoms with E-state index in [-0.39, 0.29) is 39.8 Å². The van der Waals surface area contributed by atoms with Crippen LogP contribution in [0.25, 0.3) is 0 Å². The molecule has 98 valence electrons. The molecule has 0 saturated carbocycles. The molecule has 1 saturated heterocycles. The Hall–Kier alpha value is -0.970. The Bertz CT molecular complexity index is 455. The van der Waals surface area contributed by atoms with Crippen LogP contribution >= 0.6 is 23.2 Å². The first kappa shape index (κ1) is 13.5. The monoisotopic (exact) mass is 289 g/mol. The maximum absolute atomic E-state index is 12.2. The van der Waals surface area contributed by atoms with Crippen LogP contribution in [-0.4, -0.2) is 40.7 Å². The Morgan fingerprint density at radius 2 is 2.17 bits per heavy atom. The molecule has 0 radical (unpaired) electrons. The van der Waals surface area contributed by atoms with Crippen molar-refractivity contribution in [2.75, 3.05) is 19.7 Å². The minimum Gasteiger partial charge on any atom is -0.507 e. The Balaban J connectivity index is 2.25. The van der Waals surface area contributed by atoms with Gasteiger partial charge in [-0.2, -0.15) is 0 Å². The molecule has 1 aromatic carbocycles. The smallest absolute Gasteiger partial charge is 0.259 e. The van der Waals surface area contributed by atoms with E-state index in [9.17, 15) is 9.90 Å². The number of phenolic OH excluding ortho intramolecular Hbond substituents is 1. The van der Waals surface area contributed by atoms with Crippen LogP contribution in [0.1, 0.15) is 16.8 Å². The lowest BCUT2D eigenvalue weighted by Crippen LogP contribution is -2.29. The zero-order valence-corrected chi connectivity index (χ0v) is 11.1. The summed E-state index contributed by atoms with van der Waals surface area (Å²) in [5.41, 5.74) is 0.0691. The topological polar surface area (TPSA) is 60.8 Å². The number of hydrogen-bond donors (Lipinski definition) is 2. The molecular formula is C12H13Cl2NO3. The minimum absolute atomic E-state index is 0.0596. The van der Waals surface area contributed by atoms with E-state index < -0.39 is 0 Å². The first-order valence-corrected chi connectivity index (χ1v) is 6.36. The average molecular weight is 290 g/mol. The van der Waals surface area contributed by atoms with Crippen molar-refractivity contribution >= 4 is 29.1 Å². The molecule has 2 N–H and O–H groups in total. The van der Waals surface area contributed by atoms with Gasteiger partial charge in [-0.25, -0.2) is 0 Å². The van der Waals surface area contributed by atoms with Gasteiger partial charge in [0.1, 0.15) is 5.75 Å². The number of aliphatic hydroxyl groups is 1. The summed E-state index contributed by atoms with van der Waals surface area (Å²) in [5.74, 6) is -0.447. The van der Waals surface area contributed by atoms with Gasteiger partial charge in [-0.15, -0.1) is 0 Å². The molecule has 2 rings (SSSR count). The van der Waals surface area contributed by atoms with Gasteiger partial charge in [-0.3, -0.25) is 4.79 Å². The van der Waals surface area contributed by atoms with Crippen molar-refractivity contribution in [3.8, 4) is 5.75 Å². The number of amides is 1. The van der Waals surface area contributed by atoms with Crippen LogP contribution in [0.3, 0.4) is 0 Å². The van der Waals surface area contributed by atoms with Crippen LogP contribution in [0.2, 0.25) is 10.0 Å². The number of nitrogens with zero attached hydrogens (tertiary/aromatic N) is 1. The Kier molecular flexibility index (Phi) is 4.00. The summed E-state index contributed by atoms with van der Waals surface area (Å²) in [4.78, 5) is 13.8. The molecule has 0 bridgehead atoms. The zero-order valence-electron chi connectivity index (χ0n) is 9.57. The SMILES string of the molecule is O=C(c1c(O)cc(Cl)cc1Cl)N1CCC(CO)C1. The maximum atomic E-state index is 12.2. The second-order valence-corrected chi connectivity index (χ2v) is 5.21. The summed E-state index contributed by atoms with van der Waals surface area (Å²) in [6, 6.07) is 2.72. The summed E-state index contributed by atoms with van der Waals surface area (Å²) in [6.07, 6.45) is 0.758. The number of aliphatic hydroxyl groups excluding tert-OH is 1. The van der Waals surface area contributed by atoms with Gasteiger partial charge in [-0.05, 0) is 18.6 Å². The van der Waals surface area contributed by atoms with Crippen molar-refractivity contribution in [1.29, 1.82) is 0 Å². The van der Waals surface area contributed by atoms with Crippen LogP contribution < -0.4 is 0 Å². The standard InChI is InChI=1S/C12H13Cl2NO3/c13-8-3-9(14)11(10(17)4-8)12(18)15-2-1-7(5-15)6-16/h3-4,7,16-17H,1-2,5-6H2. The van der Waals surface area contributed by atoms with E-state index in [0.29, 0.717) is 13.1 Å². The molecule has 6 heteroatoms. The summed E-state index contributed by atoms with van der Waals surface area (Å²) in [5, 5.41) is 19.2. The number of benzene rings is 1. The first-order chi connectivity index (χ1) is 8.52. The lowest BCUT2D eigenvalue weighted by Gasteiger charge is -2.17. The highest BCUT2D eigenvalue weighted by atomic mass is 35.5. The van der Waals surface area contributed by atoms with Crippen molar-refractivity contribution in [1.82, 2.24) is 4.90 Å². The predicted octanol–water partition coefficient (Wildman–Crippen LogP) is 2.15. The number of halogens is 2. The average Bonchev–Trinajstić information content (AvgIpc) is 2.75. The van der Waals surface area contributed by atoms with Crippen molar-refractivity contribution in [3.05, 3.63) is 27.7 Å². The normalized spacial score (nSPS) is 19.3. The number of aromatic hydroxyl groups is 1. The molecule has 1 aliphatic heterocycles. The first-order valence-electron chi connectivity index (χ1n) is 5.61. The van der Waals surface area contributed by atoms with Crippen LogP contribution in [-0.2, 0) is 0 Å². The van der Waals surface area contributed by atoms with E-state index in [1.807, 2.05) is 0 Å². The maximum Gasteiger partial charge on any atom is 0.259 e. The number of phenols is 1. The highest BCUT2D eigenvalue weighted by molar-refractivity contribution is 6.37. The summed E-state index contributed by atoms with van der Waals surface area (Å²) < 4.78 is 0. The van der Waals surface area contributed by atoms with Gasteiger partial charge < -0.3 is 15.1 Å². The van der Waals surface area contributed by atoms with Crippen molar-refractivity contribution in [2.24, 2.45) is 5.92 Å². The van der Waals surface area contributed by atoms with E-state index in [1.54, 1.807) is 4.90 Å². The molecule has 1 fully saturated rings. The Morgan fingerprint density at radius 3 is 2.72 bits per heavy atom. The molecule has 0 aliphatic carbocycles. The largest absolute Gasteiger partial charge is 0.507 e. The number of likely N-dealkylation sites (tertiary alicyclic amines) is 1. The fraction of sp³-hybridized carbons (Fsp3) is 0.417. The van der Waals surface area contributed by atoms with Gasteiger partial charge in [0.15, 0.2) is 0 Å². The van der Waals surface area contributed by atoms with Gasteiger partial charge in [0.2, 0.25) is 0 Å². The third-order valence-electron chi connectivity index (χ3n) is 3.08. The highest BCUT2D eigenvalue weighted by Crippen LogP contribution is 2.32. The van der Waals surface area contributed by atoms with Crippen molar-refractivity contribution in [3.63, 3.8) is 0 Å². The molecule has 1 aliphatic rings. The molecule has 4 nitrogen and oxygen atoms in total. The third kappa shape index (κ3) is 2.55. The molecular weight excluding hydrogens is 277 g/mol. The van der Waals surface area contributed by atoms with E-state index in [1.165, 1.54) is 12.1 Å². The van der Waals surface area contributed by atoms with Gasteiger partial charge in [0.05, 0.1) is 10.6 Å². The zero-order chi connectivity index (χ0) is 13.3. The fourth-order valence-electron chi connectivity index (χ4n) is 2.10. The second kappa shape index (κ2) is 5.34.